The fourth-order valence-electron chi connectivity index (χ4n) is 4.68. The molecule has 36 heavy (non-hydrogen) atoms. The predicted octanol–water partition coefficient (Wildman–Crippen LogP) is 5.51. The smallest absolute Gasteiger partial charge is 0.229 e. The Balaban J connectivity index is 1.91. The maximum absolute atomic E-state index is 14.1. The molecule has 0 bridgehead atoms. The number of aromatic nitrogens is 1. The van der Waals surface area contributed by atoms with Crippen LogP contribution in [0.25, 0.3) is 22.2 Å². The molecule has 1 aromatic heterocycles. The number of aliphatic hydroxyl groups excluding tert-OH is 1. The molecule has 2 aromatic carbocycles. The van der Waals surface area contributed by atoms with E-state index in [-0.39, 0.29) is 33.8 Å². The highest BCUT2D eigenvalue weighted by Gasteiger charge is 2.45. The molecule has 0 unspecified atom stereocenters. The van der Waals surface area contributed by atoms with Crippen LogP contribution < -0.4 is 4.72 Å². The van der Waals surface area contributed by atoms with Crippen LogP contribution in [0.1, 0.15) is 67.7 Å². The van der Waals surface area contributed by atoms with E-state index in [0.717, 1.165) is 18.2 Å². The third-order valence-electron chi connectivity index (χ3n) is 6.64. The molecule has 0 fully saturated rings. The fraction of sp³-hybridized carbons (Fsp3) is 0.321. The zero-order chi connectivity index (χ0) is 26.5. The predicted molar refractivity (Wildman–Crippen MR) is 143 cm³/mol. The van der Waals surface area contributed by atoms with Crippen LogP contribution in [0.15, 0.2) is 48.5 Å². The van der Waals surface area contributed by atoms with E-state index in [2.05, 4.69) is 30.5 Å². The minimum Gasteiger partial charge on any atom is -0.506 e. The fourth-order valence-corrected chi connectivity index (χ4v) is 5.23. The minimum absolute atomic E-state index is 0.00516. The van der Waals surface area contributed by atoms with Crippen LogP contribution in [0.3, 0.4) is 0 Å². The number of anilines is 1. The number of fused-ring (bicyclic) bond motifs is 2. The van der Waals surface area contributed by atoms with Crippen molar-refractivity contribution in [1.29, 1.82) is 0 Å². The van der Waals surface area contributed by atoms with Crippen LogP contribution in [-0.4, -0.2) is 36.8 Å². The zero-order valence-corrected chi connectivity index (χ0v) is 21.9. The van der Waals surface area contributed by atoms with Gasteiger partial charge in [-0.15, -0.1) is 0 Å². The maximum atomic E-state index is 14.1. The third kappa shape index (κ3) is 4.78. The molecule has 1 aliphatic rings. The Bertz CT molecular complexity index is 1530. The first-order valence-corrected chi connectivity index (χ1v) is 13.6. The Hall–Kier alpha value is -3.52. The third-order valence-corrected chi connectivity index (χ3v) is 7.25. The lowest BCUT2D eigenvalue weighted by atomic mass is 9.65. The van der Waals surface area contributed by atoms with Gasteiger partial charge in [0.05, 0.1) is 28.5 Å². The monoisotopic (exact) mass is 506 g/mol. The van der Waals surface area contributed by atoms with Crippen LogP contribution in [0.5, 0.6) is 0 Å². The molecule has 0 spiro atoms. The van der Waals surface area contributed by atoms with Gasteiger partial charge in [0.15, 0.2) is 12.1 Å². The van der Waals surface area contributed by atoms with Crippen molar-refractivity contribution >= 4 is 50.0 Å². The normalized spacial score (nSPS) is 18.3. The first kappa shape index (κ1) is 25.6. The van der Waals surface area contributed by atoms with Gasteiger partial charge < -0.3 is 5.11 Å². The van der Waals surface area contributed by atoms with Crippen LogP contribution in [0.2, 0.25) is 0 Å². The van der Waals surface area contributed by atoms with Gasteiger partial charge in [-0.25, -0.2) is 13.4 Å². The SMILES string of the molecule is CC(C)(C)CC[C@@]1(C)C(=O)C(c2cc(C=O)c3cc(NS(C)(=O)=O)ccc3n2)=C(O)c2ccccc21. The van der Waals surface area contributed by atoms with Crippen molar-refractivity contribution in [3.8, 4) is 0 Å². The Morgan fingerprint density at radius 1 is 1.11 bits per heavy atom. The summed E-state index contributed by atoms with van der Waals surface area (Å²) in [7, 11) is -3.51. The molecule has 7 nitrogen and oxygen atoms in total. The van der Waals surface area contributed by atoms with Crippen LogP contribution in [-0.2, 0) is 20.2 Å². The van der Waals surface area contributed by atoms with Crippen molar-refractivity contribution in [2.45, 2.75) is 46.0 Å². The molecule has 0 saturated heterocycles. The quantitative estimate of drug-likeness (QED) is 0.426. The molecule has 8 heteroatoms. The lowest BCUT2D eigenvalue weighted by Crippen LogP contribution is -2.38. The van der Waals surface area contributed by atoms with Gasteiger partial charge in [0.2, 0.25) is 10.0 Å². The summed E-state index contributed by atoms with van der Waals surface area (Å²) >= 11 is 0. The van der Waals surface area contributed by atoms with Gasteiger partial charge in [0, 0.05) is 22.2 Å². The first-order valence-electron chi connectivity index (χ1n) is 11.7. The van der Waals surface area contributed by atoms with Crippen LogP contribution in [0, 0.1) is 5.41 Å². The number of rotatable bonds is 6. The van der Waals surface area contributed by atoms with E-state index in [0.29, 0.717) is 34.9 Å². The lowest BCUT2D eigenvalue weighted by Gasteiger charge is -2.37. The summed E-state index contributed by atoms with van der Waals surface area (Å²) in [5.74, 6) is -0.412. The summed E-state index contributed by atoms with van der Waals surface area (Å²) in [5, 5.41) is 11.7. The second kappa shape index (κ2) is 8.85. The molecule has 1 aliphatic carbocycles. The number of ketones is 1. The van der Waals surface area contributed by atoms with Gasteiger partial charge in [-0.1, -0.05) is 45.0 Å². The van der Waals surface area contributed by atoms with Crippen molar-refractivity contribution in [3.63, 3.8) is 0 Å². The number of nitrogens with zero attached hydrogens (tertiary/aromatic N) is 1. The first-order chi connectivity index (χ1) is 16.7. The summed E-state index contributed by atoms with van der Waals surface area (Å²) in [6.07, 6.45) is 3.04. The number of carbonyl (C=O) groups is 2. The summed E-state index contributed by atoms with van der Waals surface area (Å²) in [6, 6.07) is 13.5. The summed E-state index contributed by atoms with van der Waals surface area (Å²) in [5.41, 5.74) is 1.67. The van der Waals surface area contributed by atoms with E-state index < -0.39 is 15.4 Å². The molecule has 4 rings (SSSR count). The van der Waals surface area contributed by atoms with Gasteiger partial charge >= 0.3 is 0 Å². The molecule has 2 N–H and O–H groups in total. The Kier molecular flexibility index (Phi) is 6.29. The van der Waals surface area contributed by atoms with E-state index in [1.807, 2.05) is 25.1 Å². The number of benzene rings is 2. The number of aldehydes is 1. The van der Waals surface area contributed by atoms with E-state index in [4.69, 9.17) is 0 Å². The van der Waals surface area contributed by atoms with Crippen molar-refractivity contribution in [3.05, 3.63) is 70.9 Å². The standard InChI is InChI=1S/C28H30N2O5S/c1-27(2,3)12-13-28(4)21-9-7-6-8-19(21)25(32)24(26(28)33)23-14-17(16-31)20-15-18(30-36(5,34)35)10-11-22(20)29-23/h6-11,14-16,30,32H,12-13H2,1-5H3/t28-/m1/s1. The average molecular weight is 507 g/mol. The molecule has 3 aromatic rings. The largest absolute Gasteiger partial charge is 0.506 e. The second-order valence-electron chi connectivity index (χ2n) is 10.8. The number of carbonyl (C=O) groups excluding carboxylic acids is 2. The highest BCUT2D eigenvalue weighted by molar-refractivity contribution is 7.92. The maximum Gasteiger partial charge on any atom is 0.229 e. The number of hydrogen-bond donors (Lipinski definition) is 2. The number of allylic oxidation sites excluding steroid dienone is 1. The van der Waals surface area contributed by atoms with Crippen molar-refractivity contribution in [2.24, 2.45) is 5.41 Å². The molecule has 1 heterocycles. The second-order valence-corrected chi connectivity index (χ2v) is 12.6. The molecule has 0 radical (unpaired) electrons. The summed E-state index contributed by atoms with van der Waals surface area (Å²) in [6.45, 7) is 8.27. The topological polar surface area (TPSA) is 113 Å². The Morgan fingerprint density at radius 3 is 2.44 bits per heavy atom. The zero-order valence-electron chi connectivity index (χ0n) is 21.0. The van der Waals surface area contributed by atoms with Gasteiger partial charge in [-0.3, -0.25) is 14.3 Å². The molecule has 188 valence electrons. The molecule has 0 amide bonds. The molecule has 0 saturated carbocycles. The number of Topliss-reactive ketones (excluding diaryl/α,β-unsaturated/α-hetero) is 1. The van der Waals surface area contributed by atoms with Crippen molar-refractivity contribution < 1.29 is 23.1 Å². The van der Waals surface area contributed by atoms with E-state index >= 15 is 0 Å². The highest BCUT2D eigenvalue weighted by Crippen LogP contribution is 2.46. The van der Waals surface area contributed by atoms with Gasteiger partial charge in [0.25, 0.3) is 0 Å². The van der Waals surface area contributed by atoms with Crippen molar-refractivity contribution in [2.75, 3.05) is 11.0 Å². The van der Waals surface area contributed by atoms with E-state index in [1.54, 1.807) is 12.1 Å². The van der Waals surface area contributed by atoms with Crippen LogP contribution >= 0.6 is 0 Å². The summed E-state index contributed by atoms with van der Waals surface area (Å²) in [4.78, 5) is 30.7. The van der Waals surface area contributed by atoms with Gasteiger partial charge in [-0.05, 0) is 55.0 Å². The van der Waals surface area contributed by atoms with Gasteiger partial charge in [0.1, 0.15) is 5.76 Å². The lowest BCUT2D eigenvalue weighted by molar-refractivity contribution is -0.119. The van der Waals surface area contributed by atoms with Gasteiger partial charge in [-0.2, -0.15) is 0 Å². The number of pyridine rings is 1. The highest BCUT2D eigenvalue weighted by atomic mass is 32.2. The number of hydrogen-bond acceptors (Lipinski definition) is 6. The molecule has 0 aliphatic heterocycles. The minimum atomic E-state index is -3.51. The average Bonchev–Trinajstić information content (AvgIpc) is 2.80. The summed E-state index contributed by atoms with van der Waals surface area (Å²) < 4.78 is 25.7. The molecule has 1 atom stereocenters. The number of sulfonamides is 1. The number of nitrogens with one attached hydrogen (secondary N) is 1. The Labute approximate surface area is 211 Å². The molecular formula is C28H30N2O5S. The number of aliphatic hydroxyl groups is 1. The van der Waals surface area contributed by atoms with Crippen molar-refractivity contribution in [1.82, 2.24) is 4.98 Å². The molecular weight excluding hydrogens is 476 g/mol. The van der Waals surface area contributed by atoms with Crippen LogP contribution in [0.4, 0.5) is 5.69 Å². The van der Waals surface area contributed by atoms with E-state index in [1.165, 1.54) is 18.2 Å². The Morgan fingerprint density at radius 2 is 1.81 bits per heavy atom. The van der Waals surface area contributed by atoms with E-state index in [9.17, 15) is 23.1 Å².